The van der Waals surface area contributed by atoms with Gasteiger partial charge in [-0.2, -0.15) is 0 Å². The van der Waals surface area contributed by atoms with E-state index in [1.165, 1.54) is 17.7 Å². The Hall–Kier alpha value is -1.67. The Morgan fingerprint density at radius 1 is 1.19 bits per heavy atom. The molecule has 3 N–H and O–H groups in total. The van der Waals surface area contributed by atoms with Crippen LogP contribution < -0.4 is 11.1 Å². The van der Waals surface area contributed by atoms with Crippen LogP contribution in [0.1, 0.15) is 30.9 Å². The Kier molecular flexibility index (Phi) is 8.04. The Labute approximate surface area is 177 Å². The number of hydrogen-bond acceptors (Lipinski definition) is 2. The van der Waals surface area contributed by atoms with Gasteiger partial charge in [0.2, 0.25) is 0 Å². The van der Waals surface area contributed by atoms with Crippen LogP contribution in [-0.4, -0.2) is 25.7 Å². The molecule has 6 heteroatoms. The first-order chi connectivity index (χ1) is 12.6. The van der Waals surface area contributed by atoms with Gasteiger partial charge in [-0.3, -0.25) is 4.99 Å². The lowest BCUT2D eigenvalue weighted by Crippen LogP contribution is -2.38. The van der Waals surface area contributed by atoms with Crippen LogP contribution in [0.3, 0.4) is 0 Å². The predicted molar refractivity (Wildman–Crippen MR) is 119 cm³/mol. The molecule has 0 spiro atoms. The van der Waals surface area contributed by atoms with Crippen molar-refractivity contribution in [3.05, 3.63) is 65.5 Å². The maximum Gasteiger partial charge on any atom is 0.193 e. The maximum absolute atomic E-state index is 13.3. The van der Waals surface area contributed by atoms with Gasteiger partial charge >= 0.3 is 0 Å². The minimum absolute atomic E-state index is 0. The molecule has 146 valence electrons. The number of nitrogens with zero attached hydrogens (tertiary/aromatic N) is 1. The van der Waals surface area contributed by atoms with E-state index in [4.69, 9.17) is 10.5 Å². The summed E-state index contributed by atoms with van der Waals surface area (Å²) in [5.74, 6) is 0.169. The molecule has 2 aromatic rings. The smallest absolute Gasteiger partial charge is 0.193 e. The number of nitrogens with two attached hydrogens (primary N) is 1. The molecule has 0 amide bonds. The normalized spacial score (nSPS) is 16.4. The van der Waals surface area contributed by atoms with Crippen LogP contribution >= 0.6 is 24.0 Å². The van der Waals surface area contributed by atoms with Gasteiger partial charge in [0.1, 0.15) is 5.82 Å². The second-order valence-corrected chi connectivity index (χ2v) is 6.78. The van der Waals surface area contributed by atoms with Crippen LogP contribution in [0.2, 0.25) is 0 Å². The van der Waals surface area contributed by atoms with Crippen molar-refractivity contribution < 1.29 is 9.13 Å². The zero-order chi connectivity index (χ0) is 18.4. The van der Waals surface area contributed by atoms with E-state index in [1.54, 1.807) is 0 Å². The Morgan fingerprint density at radius 3 is 2.56 bits per heavy atom. The molecule has 0 bridgehead atoms. The number of nitrogens with one attached hydrogen (secondary N) is 1. The van der Waals surface area contributed by atoms with Gasteiger partial charge in [-0.15, -0.1) is 24.0 Å². The molecule has 2 aromatic carbocycles. The van der Waals surface area contributed by atoms with Gasteiger partial charge in [0.15, 0.2) is 5.96 Å². The Morgan fingerprint density at radius 2 is 1.89 bits per heavy atom. The first-order valence-corrected chi connectivity index (χ1v) is 9.11. The van der Waals surface area contributed by atoms with Gasteiger partial charge < -0.3 is 15.8 Å². The lowest BCUT2D eigenvalue weighted by atomic mass is 9.74. The van der Waals surface area contributed by atoms with E-state index in [9.17, 15) is 4.39 Å². The highest BCUT2D eigenvalue weighted by Crippen LogP contribution is 2.35. The van der Waals surface area contributed by atoms with Crippen molar-refractivity contribution in [3.63, 3.8) is 0 Å². The third kappa shape index (κ3) is 5.65. The first-order valence-electron chi connectivity index (χ1n) is 9.11. The molecule has 0 aliphatic carbocycles. The molecule has 0 aromatic heterocycles. The van der Waals surface area contributed by atoms with E-state index < -0.39 is 0 Å². The average Bonchev–Trinajstić information content (AvgIpc) is 2.68. The number of benzene rings is 2. The van der Waals surface area contributed by atoms with E-state index in [1.807, 2.05) is 24.3 Å². The molecule has 0 atom stereocenters. The third-order valence-electron chi connectivity index (χ3n) is 5.07. The number of hydrogen-bond donors (Lipinski definition) is 2. The number of guanidine groups is 1. The summed E-state index contributed by atoms with van der Waals surface area (Å²) >= 11 is 0. The van der Waals surface area contributed by atoms with E-state index in [2.05, 4.69) is 29.4 Å². The highest BCUT2D eigenvalue weighted by molar-refractivity contribution is 14.0. The van der Waals surface area contributed by atoms with E-state index in [-0.39, 0.29) is 35.2 Å². The summed E-state index contributed by atoms with van der Waals surface area (Å²) in [6, 6.07) is 14.9. The zero-order valence-electron chi connectivity index (χ0n) is 15.6. The van der Waals surface area contributed by atoms with Crippen molar-refractivity contribution in [2.75, 3.05) is 25.1 Å². The van der Waals surface area contributed by atoms with E-state index in [0.717, 1.165) is 30.5 Å². The number of aryl methyl sites for hydroxylation is 1. The van der Waals surface area contributed by atoms with Crippen molar-refractivity contribution in [2.24, 2.45) is 10.7 Å². The SMILES string of the molecule is CCc1cccc(NC(N)=NCC2(c3ccc(F)cc3)CCOCC2)c1.I. The summed E-state index contributed by atoms with van der Waals surface area (Å²) in [5, 5.41) is 3.17. The topological polar surface area (TPSA) is 59.6 Å². The molecule has 1 saturated heterocycles. The lowest BCUT2D eigenvalue weighted by Gasteiger charge is -2.36. The largest absolute Gasteiger partial charge is 0.381 e. The maximum atomic E-state index is 13.3. The fourth-order valence-corrected chi connectivity index (χ4v) is 3.40. The standard InChI is InChI=1S/C21H26FN3O.HI/c1-2-16-4-3-5-19(14-16)25-20(23)24-15-21(10-12-26-13-11-21)17-6-8-18(22)9-7-17;/h3-9,14H,2,10-13,15H2,1H3,(H3,23,24,25);1H. The van der Waals surface area contributed by atoms with Gasteiger partial charge in [0.25, 0.3) is 0 Å². The van der Waals surface area contributed by atoms with Crippen LogP contribution in [0.15, 0.2) is 53.5 Å². The molecule has 3 rings (SSSR count). The second-order valence-electron chi connectivity index (χ2n) is 6.78. The number of ether oxygens (including phenoxy) is 1. The highest BCUT2D eigenvalue weighted by atomic mass is 127. The van der Waals surface area contributed by atoms with Crippen LogP contribution in [-0.2, 0) is 16.6 Å². The van der Waals surface area contributed by atoms with E-state index >= 15 is 0 Å². The minimum atomic E-state index is -0.226. The average molecular weight is 483 g/mol. The molecule has 1 aliphatic heterocycles. The Bertz CT molecular complexity index is 758. The van der Waals surface area contributed by atoms with Gasteiger partial charge in [-0.05, 0) is 54.7 Å². The number of aliphatic imine (C=N–C) groups is 1. The van der Waals surface area contributed by atoms with Gasteiger partial charge in [-0.1, -0.05) is 31.2 Å². The summed E-state index contributed by atoms with van der Waals surface area (Å²) in [5.41, 5.74) is 9.23. The molecule has 4 nitrogen and oxygen atoms in total. The molecule has 27 heavy (non-hydrogen) atoms. The summed E-state index contributed by atoms with van der Waals surface area (Å²) in [7, 11) is 0. The van der Waals surface area contributed by atoms with Crippen molar-refractivity contribution in [2.45, 2.75) is 31.6 Å². The quantitative estimate of drug-likeness (QED) is 0.375. The molecule has 1 aliphatic rings. The minimum Gasteiger partial charge on any atom is -0.381 e. The lowest BCUT2D eigenvalue weighted by molar-refractivity contribution is 0.0531. The summed E-state index contributed by atoms with van der Waals surface area (Å²) in [6.07, 6.45) is 2.67. The molecular weight excluding hydrogens is 456 g/mol. The van der Waals surface area contributed by atoms with Crippen molar-refractivity contribution >= 4 is 35.6 Å². The van der Waals surface area contributed by atoms with Crippen LogP contribution in [0, 0.1) is 5.82 Å². The summed E-state index contributed by atoms with van der Waals surface area (Å²) in [6.45, 7) is 4.03. The fraction of sp³-hybridized carbons (Fsp3) is 0.381. The molecule has 0 radical (unpaired) electrons. The van der Waals surface area contributed by atoms with Crippen molar-refractivity contribution in [1.29, 1.82) is 0 Å². The van der Waals surface area contributed by atoms with Crippen molar-refractivity contribution in [3.8, 4) is 0 Å². The van der Waals surface area contributed by atoms with Gasteiger partial charge in [0, 0.05) is 24.3 Å². The number of halogens is 2. The van der Waals surface area contributed by atoms with Gasteiger partial charge in [-0.25, -0.2) is 4.39 Å². The Balaban J connectivity index is 0.00000261. The monoisotopic (exact) mass is 483 g/mol. The second kappa shape index (κ2) is 10.0. The molecule has 1 heterocycles. The molecular formula is C21H27FIN3O. The first kappa shape index (κ1) is 21.6. The molecule has 0 saturated carbocycles. The zero-order valence-corrected chi connectivity index (χ0v) is 17.9. The van der Waals surface area contributed by atoms with Crippen LogP contribution in [0.25, 0.3) is 0 Å². The van der Waals surface area contributed by atoms with E-state index in [0.29, 0.717) is 25.7 Å². The number of anilines is 1. The van der Waals surface area contributed by atoms with Crippen LogP contribution in [0.5, 0.6) is 0 Å². The molecule has 1 fully saturated rings. The third-order valence-corrected chi connectivity index (χ3v) is 5.07. The van der Waals surface area contributed by atoms with Crippen molar-refractivity contribution in [1.82, 2.24) is 0 Å². The van der Waals surface area contributed by atoms with Gasteiger partial charge in [0.05, 0.1) is 6.54 Å². The summed E-state index contributed by atoms with van der Waals surface area (Å²) in [4.78, 5) is 4.60. The predicted octanol–water partition coefficient (Wildman–Crippen LogP) is 4.48. The number of rotatable bonds is 5. The van der Waals surface area contributed by atoms with Crippen LogP contribution in [0.4, 0.5) is 10.1 Å². The molecule has 0 unspecified atom stereocenters. The fourth-order valence-electron chi connectivity index (χ4n) is 3.40. The highest BCUT2D eigenvalue weighted by Gasteiger charge is 2.34. The summed E-state index contributed by atoms with van der Waals surface area (Å²) < 4.78 is 18.8.